The molecule has 0 aliphatic carbocycles. The molecule has 0 saturated heterocycles. The predicted molar refractivity (Wildman–Crippen MR) is 71.5 cm³/mol. The van der Waals surface area contributed by atoms with E-state index in [-0.39, 0.29) is 10.9 Å². The van der Waals surface area contributed by atoms with Crippen molar-refractivity contribution in [1.82, 2.24) is 0 Å². The van der Waals surface area contributed by atoms with Crippen molar-refractivity contribution in [3.63, 3.8) is 0 Å². The topological polar surface area (TPSA) is 80.9 Å². The molecule has 4 nitrogen and oxygen atoms in total. The number of rotatable bonds is 3. The van der Waals surface area contributed by atoms with Crippen LogP contribution in [0, 0.1) is 0 Å². The maximum atomic E-state index is 9.26. The quantitative estimate of drug-likeness (QED) is 0.505. The summed E-state index contributed by atoms with van der Waals surface area (Å²) in [6.45, 7) is 0. The zero-order valence-corrected chi connectivity index (χ0v) is 9.56. The molecule has 4 N–H and O–H groups in total. The van der Waals surface area contributed by atoms with Gasteiger partial charge in [0.15, 0.2) is 0 Å². The molecular formula is C12H12B2O4. The van der Waals surface area contributed by atoms with Gasteiger partial charge in [-0.1, -0.05) is 48.5 Å². The summed E-state index contributed by atoms with van der Waals surface area (Å²) in [7, 11) is -3.47. The molecule has 0 amide bonds. The minimum absolute atomic E-state index is 0.0877. The molecule has 6 heteroatoms. The van der Waals surface area contributed by atoms with Crippen LogP contribution in [0.2, 0.25) is 0 Å². The summed E-state index contributed by atoms with van der Waals surface area (Å²) in [5.74, 6) is 0. The Hall–Kier alpha value is -1.59. The Morgan fingerprint density at radius 1 is 0.611 bits per heavy atom. The number of benzene rings is 2. The normalized spacial score (nSPS) is 10.2. The van der Waals surface area contributed by atoms with Crippen LogP contribution in [0.3, 0.4) is 0 Å². The maximum Gasteiger partial charge on any atom is 0.488 e. The second kappa shape index (κ2) is 5.37. The fraction of sp³-hybridized carbons (Fsp3) is 0. The molecule has 2 aromatic rings. The molecular weight excluding hydrogens is 230 g/mol. The molecule has 18 heavy (non-hydrogen) atoms. The summed E-state index contributed by atoms with van der Waals surface area (Å²) in [4.78, 5) is 0. The second-order valence-corrected chi connectivity index (χ2v) is 3.96. The molecule has 0 spiro atoms. The third-order valence-corrected chi connectivity index (χ3v) is 2.75. The predicted octanol–water partition coefficient (Wildman–Crippen LogP) is -1.29. The third kappa shape index (κ3) is 2.63. The van der Waals surface area contributed by atoms with Crippen LogP contribution in [0.4, 0.5) is 0 Å². The molecule has 0 unspecified atom stereocenters. The highest BCUT2D eigenvalue weighted by atomic mass is 16.4. The largest absolute Gasteiger partial charge is 0.488 e. The zero-order chi connectivity index (χ0) is 13.1. The lowest BCUT2D eigenvalue weighted by Crippen LogP contribution is -2.49. The van der Waals surface area contributed by atoms with Gasteiger partial charge in [0.25, 0.3) is 0 Å². The SMILES string of the molecule is OB(O)c1ccc(-c2ccccc2)cc1B(O)O. The molecule has 0 heterocycles. The summed E-state index contributed by atoms with van der Waals surface area (Å²) in [6, 6.07) is 14.1. The van der Waals surface area contributed by atoms with Gasteiger partial charge in [-0.15, -0.1) is 0 Å². The highest BCUT2D eigenvalue weighted by molar-refractivity contribution is 6.71. The average Bonchev–Trinajstić information content (AvgIpc) is 2.39. The van der Waals surface area contributed by atoms with Crippen LogP contribution in [-0.2, 0) is 0 Å². The molecule has 0 radical (unpaired) electrons. The van der Waals surface area contributed by atoms with E-state index in [0.29, 0.717) is 0 Å². The smallest absolute Gasteiger partial charge is 0.423 e. The average molecular weight is 242 g/mol. The Bertz CT molecular complexity index is 529. The Morgan fingerprint density at radius 2 is 1.22 bits per heavy atom. The van der Waals surface area contributed by atoms with Crippen LogP contribution in [0.25, 0.3) is 11.1 Å². The molecule has 0 atom stereocenters. The molecule has 0 bridgehead atoms. The van der Waals surface area contributed by atoms with Crippen molar-refractivity contribution in [2.75, 3.05) is 0 Å². The minimum Gasteiger partial charge on any atom is -0.423 e. The van der Waals surface area contributed by atoms with Crippen LogP contribution in [-0.4, -0.2) is 34.3 Å². The fourth-order valence-corrected chi connectivity index (χ4v) is 1.84. The summed E-state index contributed by atoms with van der Waals surface area (Å²) in [5.41, 5.74) is 1.87. The van der Waals surface area contributed by atoms with Crippen molar-refractivity contribution in [1.29, 1.82) is 0 Å². The molecule has 0 aliphatic rings. The fourth-order valence-electron chi connectivity index (χ4n) is 1.84. The van der Waals surface area contributed by atoms with E-state index >= 15 is 0 Å². The maximum absolute atomic E-state index is 9.26. The Morgan fingerprint density at radius 3 is 1.78 bits per heavy atom. The Labute approximate surface area is 105 Å². The summed E-state index contributed by atoms with van der Waals surface area (Å²) >= 11 is 0. The monoisotopic (exact) mass is 242 g/mol. The van der Waals surface area contributed by atoms with E-state index in [1.54, 1.807) is 6.07 Å². The van der Waals surface area contributed by atoms with Crippen molar-refractivity contribution >= 4 is 25.2 Å². The van der Waals surface area contributed by atoms with Crippen LogP contribution >= 0.6 is 0 Å². The summed E-state index contributed by atoms with van der Waals surface area (Å²) in [5, 5.41) is 36.8. The van der Waals surface area contributed by atoms with Crippen molar-refractivity contribution in [2.24, 2.45) is 0 Å². The lowest BCUT2D eigenvalue weighted by atomic mass is 9.65. The van der Waals surface area contributed by atoms with Crippen molar-refractivity contribution < 1.29 is 20.1 Å². The molecule has 2 rings (SSSR count). The Balaban J connectivity index is 2.50. The molecule has 0 saturated carbocycles. The Kier molecular flexibility index (Phi) is 3.84. The van der Waals surface area contributed by atoms with E-state index in [1.807, 2.05) is 30.3 Å². The molecule has 0 aliphatic heterocycles. The van der Waals surface area contributed by atoms with E-state index in [9.17, 15) is 10.0 Å². The number of hydrogen-bond acceptors (Lipinski definition) is 4. The van der Waals surface area contributed by atoms with Gasteiger partial charge in [-0.05, 0) is 22.1 Å². The standard InChI is InChI=1S/C12H12B2O4/c15-13(16)11-7-6-10(8-12(11)14(17)18)9-4-2-1-3-5-9/h1-8,15-18H. The summed E-state index contributed by atoms with van der Waals surface area (Å²) < 4.78 is 0. The lowest BCUT2D eigenvalue weighted by molar-refractivity contribution is 0.419. The lowest BCUT2D eigenvalue weighted by Gasteiger charge is -2.10. The van der Waals surface area contributed by atoms with Gasteiger partial charge in [0.2, 0.25) is 0 Å². The van der Waals surface area contributed by atoms with Crippen LogP contribution in [0.1, 0.15) is 0 Å². The van der Waals surface area contributed by atoms with Gasteiger partial charge in [0, 0.05) is 0 Å². The first-order valence-electron chi connectivity index (χ1n) is 5.51. The van der Waals surface area contributed by atoms with Crippen LogP contribution in [0.15, 0.2) is 48.5 Å². The number of hydrogen-bond donors (Lipinski definition) is 4. The van der Waals surface area contributed by atoms with Gasteiger partial charge in [-0.25, -0.2) is 0 Å². The molecule has 0 fully saturated rings. The van der Waals surface area contributed by atoms with Crippen LogP contribution in [0.5, 0.6) is 0 Å². The first kappa shape index (κ1) is 12.9. The van der Waals surface area contributed by atoms with Crippen molar-refractivity contribution in [3.05, 3.63) is 48.5 Å². The first-order valence-corrected chi connectivity index (χ1v) is 5.51. The van der Waals surface area contributed by atoms with Gasteiger partial charge in [-0.3, -0.25) is 0 Å². The first-order chi connectivity index (χ1) is 8.59. The highest BCUT2D eigenvalue weighted by Crippen LogP contribution is 2.16. The van der Waals surface area contributed by atoms with Gasteiger partial charge in [-0.2, -0.15) is 0 Å². The van der Waals surface area contributed by atoms with E-state index in [4.69, 9.17) is 10.0 Å². The minimum atomic E-state index is -1.74. The van der Waals surface area contributed by atoms with Crippen LogP contribution < -0.4 is 10.9 Å². The van der Waals surface area contributed by atoms with Gasteiger partial charge in [0.1, 0.15) is 0 Å². The van der Waals surface area contributed by atoms with Crippen molar-refractivity contribution in [3.8, 4) is 11.1 Å². The van der Waals surface area contributed by atoms with Gasteiger partial charge >= 0.3 is 14.2 Å². The molecule has 0 aromatic heterocycles. The summed E-state index contributed by atoms with van der Waals surface area (Å²) in [6.07, 6.45) is 0. The highest BCUT2D eigenvalue weighted by Gasteiger charge is 2.23. The van der Waals surface area contributed by atoms with E-state index in [0.717, 1.165) is 11.1 Å². The van der Waals surface area contributed by atoms with E-state index < -0.39 is 14.2 Å². The molecule has 2 aromatic carbocycles. The van der Waals surface area contributed by atoms with E-state index in [1.165, 1.54) is 12.1 Å². The third-order valence-electron chi connectivity index (χ3n) is 2.75. The van der Waals surface area contributed by atoms with E-state index in [2.05, 4.69) is 0 Å². The van der Waals surface area contributed by atoms with Gasteiger partial charge in [0.05, 0.1) is 0 Å². The van der Waals surface area contributed by atoms with Gasteiger partial charge < -0.3 is 20.1 Å². The van der Waals surface area contributed by atoms with Crippen molar-refractivity contribution in [2.45, 2.75) is 0 Å². The second-order valence-electron chi connectivity index (χ2n) is 3.96. The molecule has 90 valence electrons. The zero-order valence-electron chi connectivity index (χ0n) is 9.56.